The van der Waals surface area contributed by atoms with E-state index in [1.165, 1.54) is 23.9 Å². The van der Waals surface area contributed by atoms with Gasteiger partial charge in [0.15, 0.2) is 11.9 Å². The number of nitro groups is 1. The van der Waals surface area contributed by atoms with Crippen molar-refractivity contribution in [3.63, 3.8) is 0 Å². The Balaban J connectivity index is 1.55. The van der Waals surface area contributed by atoms with Crippen molar-refractivity contribution in [1.82, 2.24) is 9.55 Å². The summed E-state index contributed by atoms with van der Waals surface area (Å²) in [7, 11) is 0. The van der Waals surface area contributed by atoms with Crippen molar-refractivity contribution < 1.29 is 14.4 Å². The molecule has 8 nitrogen and oxygen atoms in total. The number of non-ortho nitro benzene ring substituents is 1. The third-order valence-corrected chi connectivity index (χ3v) is 6.65. The van der Waals surface area contributed by atoms with Gasteiger partial charge in [-0.25, -0.2) is 4.98 Å². The molecular formula is C25H21N3O5S. The number of hydrogen-bond donors (Lipinski definition) is 0. The van der Waals surface area contributed by atoms with E-state index in [9.17, 15) is 14.9 Å². The second kappa shape index (κ2) is 9.28. The Morgan fingerprint density at radius 2 is 1.94 bits per heavy atom. The Kier molecular flexibility index (Phi) is 6.04. The van der Waals surface area contributed by atoms with Gasteiger partial charge in [-0.2, -0.15) is 0 Å². The molecule has 0 unspecified atom stereocenters. The van der Waals surface area contributed by atoms with Crippen LogP contribution < -0.4 is 10.3 Å². The zero-order chi connectivity index (χ0) is 23.7. The van der Waals surface area contributed by atoms with Gasteiger partial charge in [0, 0.05) is 29.0 Å². The van der Waals surface area contributed by atoms with Crippen molar-refractivity contribution in [3.05, 3.63) is 103 Å². The van der Waals surface area contributed by atoms with E-state index in [4.69, 9.17) is 14.5 Å². The van der Waals surface area contributed by atoms with Gasteiger partial charge in [-0.15, -0.1) is 0 Å². The number of hydrogen-bond acceptors (Lipinski definition) is 7. The SMILES string of the molecule is Cc1ccc(Cn2c(SCc3cc([N+](=O)[O-])cc4c3OCOC4)nc3ccccc3c2=O)cc1. The van der Waals surface area contributed by atoms with Crippen LogP contribution in [-0.2, 0) is 23.6 Å². The number of benzene rings is 3. The molecule has 0 saturated heterocycles. The van der Waals surface area contributed by atoms with Gasteiger partial charge in [0.05, 0.1) is 29.0 Å². The number of aryl methyl sites for hydroxylation is 1. The third kappa shape index (κ3) is 4.40. The van der Waals surface area contributed by atoms with Crippen molar-refractivity contribution in [1.29, 1.82) is 0 Å². The maximum atomic E-state index is 13.4. The molecule has 1 aliphatic rings. The number of thioether (sulfide) groups is 1. The van der Waals surface area contributed by atoms with Crippen LogP contribution in [-0.4, -0.2) is 21.3 Å². The van der Waals surface area contributed by atoms with Gasteiger partial charge in [-0.1, -0.05) is 53.7 Å². The lowest BCUT2D eigenvalue weighted by Crippen LogP contribution is -2.24. The van der Waals surface area contributed by atoms with Crippen LogP contribution in [0.1, 0.15) is 22.3 Å². The number of ether oxygens (including phenoxy) is 2. The monoisotopic (exact) mass is 475 g/mol. The second-order valence-electron chi connectivity index (χ2n) is 8.04. The van der Waals surface area contributed by atoms with Gasteiger partial charge in [0.1, 0.15) is 5.75 Å². The van der Waals surface area contributed by atoms with E-state index in [2.05, 4.69) is 0 Å². The van der Waals surface area contributed by atoms with Crippen LogP contribution in [0.5, 0.6) is 5.75 Å². The molecule has 4 aromatic rings. The highest BCUT2D eigenvalue weighted by atomic mass is 32.2. The Labute approximate surface area is 199 Å². The molecule has 0 bridgehead atoms. The van der Waals surface area contributed by atoms with Crippen LogP contribution in [0.15, 0.2) is 70.6 Å². The first-order valence-corrected chi connectivity index (χ1v) is 11.7. The van der Waals surface area contributed by atoms with Gasteiger partial charge >= 0.3 is 0 Å². The lowest BCUT2D eigenvalue weighted by molar-refractivity contribution is -0.385. The molecule has 1 aromatic heterocycles. The summed E-state index contributed by atoms with van der Waals surface area (Å²) < 4.78 is 12.6. The van der Waals surface area contributed by atoms with E-state index >= 15 is 0 Å². The van der Waals surface area contributed by atoms with Crippen molar-refractivity contribution >= 4 is 28.4 Å². The van der Waals surface area contributed by atoms with Crippen molar-refractivity contribution in [2.75, 3.05) is 6.79 Å². The number of nitro benzene ring substituents is 1. The molecule has 34 heavy (non-hydrogen) atoms. The minimum absolute atomic E-state index is 0.0213. The number of para-hydroxylation sites is 1. The van der Waals surface area contributed by atoms with E-state index in [1.807, 2.05) is 49.4 Å². The summed E-state index contributed by atoms with van der Waals surface area (Å²) in [6.45, 7) is 2.73. The molecule has 0 fully saturated rings. The lowest BCUT2D eigenvalue weighted by atomic mass is 10.1. The molecule has 5 rings (SSSR count). The van der Waals surface area contributed by atoms with E-state index in [1.54, 1.807) is 10.6 Å². The molecule has 0 atom stereocenters. The highest BCUT2D eigenvalue weighted by Crippen LogP contribution is 2.36. The molecule has 0 radical (unpaired) electrons. The average Bonchev–Trinajstić information content (AvgIpc) is 2.85. The predicted molar refractivity (Wildman–Crippen MR) is 129 cm³/mol. The van der Waals surface area contributed by atoms with Gasteiger partial charge in [-0.3, -0.25) is 19.5 Å². The van der Waals surface area contributed by atoms with E-state index in [0.29, 0.717) is 45.2 Å². The predicted octanol–water partition coefficient (Wildman–Crippen LogP) is 4.82. The molecule has 3 aromatic carbocycles. The smallest absolute Gasteiger partial charge is 0.270 e. The molecule has 1 aliphatic heterocycles. The van der Waals surface area contributed by atoms with Crippen LogP contribution in [0.2, 0.25) is 0 Å². The second-order valence-corrected chi connectivity index (χ2v) is 8.98. The number of fused-ring (bicyclic) bond motifs is 2. The maximum absolute atomic E-state index is 13.4. The molecular weight excluding hydrogens is 454 g/mol. The summed E-state index contributed by atoms with van der Waals surface area (Å²) in [5.74, 6) is 0.945. The fourth-order valence-electron chi connectivity index (χ4n) is 3.91. The third-order valence-electron chi connectivity index (χ3n) is 5.63. The summed E-state index contributed by atoms with van der Waals surface area (Å²) in [6, 6.07) is 18.3. The fourth-order valence-corrected chi connectivity index (χ4v) is 4.87. The van der Waals surface area contributed by atoms with Crippen LogP contribution >= 0.6 is 11.8 Å². The van der Waals surface area contributed by atoms with Crippen LogP contribution in [0.25, 0.3) is 10.9 Å². The van der Waals surface area contributed by atoms with Crippen molar-refractivity contribution in [2.45, 2.75) is 31.0 Å². The molecule has 0 saturated carbocycles. The summed E-state index contributed by atoms with van der Waals surface area (Å²) >= 11 is 1.35. The first-order valence-electron chi connectivity index (χ1n) is 10.7. The molecule has 9 heteroatoms. The highest BCUT2D eigenvalue weighted by molar-refractivity contribution is 7.98. The topological polar surface area (TPSA) is 96.5 Å². The van der Waals surface area contributed by atoms with Gasteiger partial charge in [0.25, 0.3) is 11.2 Å². The standard InChI is InChI=1S/C25H21N3O5S/c1-16-6-8-17(9-7-16)12-27-24(29)21-4-2-3-5-22(21)26-25(27)34-14-19-11-20(28(30)31)10-18-13-32-15-33-23(18)19/h2-11H,12-15H2,1H3. The summed E-state index contributed by atoms with van der Waals surface area (Å²) in [4.78, 5) is 29.2. The van der Waals surface area contributed by atoms with Crippen LogP contribution in [0.3, 0.4) is 0 Å². The Bertz CT molecular complexity index is 1450. The highest BCUT2D eigenvalue weighted by Gasteiger charge is 2.22. The van der Waals surface area contributed by atoms with E-state index in [0.717, 1.165) is 11.1 Å². The van der Waals surface area contributed by atoms with Crippen molar-refractivity contribution in [2.24, 2.45) is 0 Å². The van der Waals surface area contributed by atoms with Crippen LogP contribution in [0.4, 0.5) is 5.69 Å². The molecule has 0 spiro atoms. The summed E-state index contributed by atoms with van der Waals surface area (Å²) in [5.41, 5.74) is 3.90. The number of aromatic nitrogens is 2. The minimum atomic E-state index is -0.426. The van der Waals surface area contributed by atoms with Gasteiger partial charge < -0.3 is 9.47 Å². The van der Waals surface area contributed by atoms with Gasteiger partial charge in [-0.05, 0) is 24.6 Å². The lowest BCUT2D eigenvalue weighted by Gasteiger charge is -2.20. The van der Waals surface area contributed by atoms with Gasteiger partial charge in [0.2, 0.25) is 0 Å². The number of rotatable bonds is 6. The minimum Gasteiger partial charge on any atom is -0.467 e. The van der Waals surface area contributed by atoms with E-state index in [-0.39, 0.29) is 24.6 Å². The quantitative estimate of drug-likeness (QED) is 0.171. The zero-order valence-electron chi connectivity index (χ0n) is 18.4. The first-order chi connectivity index (χ1) is 16.5. The zero-order valence-corrected chi connectivity index (χ0v) is 19.2. The van der Waals surface area contributed by atoms with Crippen molar-refractivity contribution in [3.8, 4) is 5.75 Å². The Hall–Kier alpha value is -3.69. The molecule has 2 heterocycles. The Morgan fingerprint density at radius 3 is 2.74 bits per heavy atom. The van der Waals surface area contributed by atoms with Crippen LogP contribution in [0, 0.1) is 17.0 Å². The number of nitrogens with zero attached hydrogens (tertiary/aromatic N) is 3. The largest absolute Gasteiger partial charge is 0.467 e. The average molecular weight is 476 g/mol. The normalized spacial score (nSPS) is 12.9. The first kappa shape index (κ1) is 22.1. The molecule has 172 valence electrons. The molecule has 0 N–H and O–H groups in total. The maximum Gasteiger partial charge on any atom is 0.270 e. The fraction of sp³-hybridized carbons (Fsp3) is 0.200. The Morgan fingerprint density at radius 1 is 1.15 bits per heavy atom. The molecule has 0 amide bonds. The van der Waals surface area contributed by atoms with E-state index < -0.39 is 4.92 Å². The molecule has 0 aliphatic carbocycles. The summed E-state index contributed by atoms with van der Waals surface area (Å²) in [5, 5.41) is 12.5. The summed E-state index contributed by atoms with van der Waals surface area (Å²) in [6.07, 6.45) is 0.